The van der Waals surface area contributed by atoms with E-state index in [0.29, 0.717) is 0 Å². The van der Waals surface area contributed by atoms with Crippen molar-refractivity contribution in [2.75, 3.05) is 36.5 Å². The second-order valence-corrected chi connectivity index (χ2v) is 7.86. The van der Waals surface area contributed by atoms with Gasteiger partial charge in [0.05, 0.1) is 24.6 Å². The van der Waals surface area contributed by atoms with E-state index in [9.17, 15) is 0 Å². The van der Waals surface area contributed by atoms with Crippen molar-refractivity contribution in [3.8, 4) is 11.3 Å². The van der Waals surface area contributed by atoms with E-state index in [-0.39, 0.29) is 6.17 Å². The Kier molecular flexibility index (Phi) is 4.13. The summed E-state index contributed by atoms with van der Waals surface area (Å²) in [5.41, 5.74) is 9.68. The molecule has 0 aliphatic carbocycles. The second kappa shape index (κ2) is 6.67. The summed E-state index contributed by atoms with van der Waals surface area (Å²) in [7, 11) is 0. The predicted octanol–water partition coefficient (Wildman–Crippen LogP) is 4.28. The molecule has 1 N–H and O–H groups in total. The minimum absolute atomic E-state index is 0.00338. The van der Waals surface area contributed by atoms with E-state index in [4.69, 9.17) is 9.84 Å². The van der Waals surface area contributed by atoms with Crippen LogP contribution in [0, 0.1) is 20.8 Å². The van der Waals surface area contributed by atoms with Gasteiger partial charge in [-0.1, -0.05) is 23.8 Å². The zero-order chi connectivity index (χ0) is 19.3. The van der Waals surface area contributed by atoms with Gasteiger partial charge in [0.25, 0.3) is 0 Å². The molecule has 5 nitrogen and oxygen atoms in total. The third kappa shape index (κ3) is 2.87. The molecule has 0 amide bonds. The van der Waals surface area contributed by atoms with Crippen molar-refractivity contribution in [1.29, 1.82) is 0 Å². The lowest BCUT2D eigenvalue weighted by Crippen LogP contribution is -2.36. The molecule has 3 heterocycles. The third-order valence-corrected chi connectivity index (χ3v) is 5.72. The Morgan fingerprint density at radius 3 is 2.50 bits per heavy atom. The van der Waals surface area contributed by atoms with E-state index in [1.165, 1.54) is 39.3 Å². The molecule has 1 fully saturated rings. The maximum atomic E-state index is 5.47. The Hall–Kier alpha value is -2.79. The molecule has 3 aromatic rings. The first-order chi connectivity index (χ1) is 13.6. The smallest absolute Gasteiger partial charge is 0.147 e. The number of fused-ring (bicyclic) bond motifs is 3. The molecule has 1 aromatic heterocycles. The quantitative estimate of drug-likeness (QED) is 0.727. The number of hydrogen-bond acceptors (Lipinski definition) is 4. The van der Waals surface area contributed by atoms with Gasteiger partial charge >= 0.3 is 0 Å². The van der Waals surface area contributed by atoms with Gasteiger partial charge in [-0.25, -0.2) is 4.68 Å². The molecule has 1 atom stereocenters. The lowest BCUT2D eigenvalue weighted by Gasteiger charge is -2.32. The molecule has 2 aromatic carbocycles. The van der Waals surface area contributed by atoms with Crippen molar-refractivity contribution in [3.63, 3.8) is 0 Å². The fourth-order valence-electron chi connectivity index (χ4n) is 4.39. The van der Waals surface area contributed by atoms with Gasteiger partial charge in [0.1, 0.15) is 6.17 Å². The molecule has 1 saturated heterocycles. The number of nitrogens with one attached hydrogen (secondary N) is 1. The van der Waals surface area contributed by atoms with Crippen molar-refractivity contribution < 1.29 is 4.74 Å². The molecule has 2 aliphatic rings. The number of morpholine rings is 1. The molecule has 0 radical (unpaired) electrons. The molecule has 5 heteroatoms. The lowest BCUT2D eigenvalue weighted by atomic mass is 9.98. The van der Waals surface area contributed by atoms with Gasteiger partial charge < -0.3 is 15.0 Å². The minimum atomic E-state index is -0.00338. The van der Waals surface area contributed by atoms with Gasteiger partial charge in [-0.2, -0.15) is 5.10 Å². The Morgan fingerprint density at radius 1 is 1.00 bits per heavy atom. The summed E-state index contributed by atoms with van der Waals surface area (Å²) in [5.74, 6) is 0. The van der Waals surface area contributed by atoms with Crippen LogP contribution in [0.25, 0.3) is 11.3 Å². The highest BCUT2D eigenvalue weighted by Gasteiger charge is 2.27. The first-order valence-electron chi connectivity index (χ1n) is 9.97. The number of aromatic nitrogens is 2. The Bertz CT molecular complexity index is 1020. The van der Waals surface area contributed by atoms with Crippen molar-refractivity contribution in [2.24, 2.45) is 0 Å². The molecule has 28 heavy (non-hydrogen) atoms. The van der Waals surface area contributed by atoms with Gasteiger partial charge in [0.2, 0.25) is 0 Å². The molecular formula is C23H26N4O. The SMILES string of the molecule is Cc1cc(C)c2c(c1)-c1cc(C)nn1[C@@H](c1ccc(N3CCOCC3)cc1)N2. The Balaban J connectivity index is 1.53. The monoisotopic (exact) mass is 374 g/mol. The highest BCUT2D eigenvalue weighted by Crippen LogP contribution is 2.41. The topological polar surface area (TPSA) is 42.3 Å². The maximum Gasteiger partial charge on any atom is 0.147 e. The normalized spacial score (nSPS) is 18.4. The van der Waals surface area contributed by atoms with Crippen molar-refractivity contribution >= 4 is 11.4 Å². The number of benzene rings is 2. The van der Waals surface area contributed by atoms with Crippen LogP contribution in [0.1, 0.15) is 28.6 Å². The summed E-state index contributed by atoms with van der Waals surface area (Å²) in [5, 5.41) is 8.55. The average molecular weight is 374 g/mol. The standard InChI is InChI=1S/C23H26N4O/c1-15-12-16(2)22-20(13-15)21-14-17(3)25-27(21)23(24-22)18-4-6-19(7-5-18)26-8-10-28-11-9-26/h4-7,12-14,23-24H,8-11H2,1-3H3/t23-/m0/s1. The van der Waals surface area contributed by atoms with Gasteiger partial charge in [0.15, 0.2) is 0 Å². The van der Waals surface area contributed by atoms with Crippen molar-refractivity contribution in [1.82, 2.24) is 9.78 Å². The van der Waals surface area contributed by atoms with Crippen LogP contribution in [-0.4, -0.2) is 36.1 Å². The van der Waals surface area contributed by atoms with E-state index in [0.717, 1.165) is 32.0 Å². The highest BCUT2D eigenvalue weighted by molar-refractivity contribution is 5.82. The summed E-state index contributed by atoms with van der Waals surface area (Å²) in [6.07, 6.45) is -0.00338. The third-order valence-electron chi connectivity index (χ3n) is 5.72. The van der Waals surface area contributed by atoms with Crippen LogP contribution in [-0.2, 0) is 4.74 Å². The molecule has 5 rings (SSSR count). The number of anilines is 2. The summed E-state index contributed by atoms with van der Waals surface area (Å²) < 4.78 is 7.60. The van der Waals surface area contributed by atoms with Crippen molar-refractivity contribution in [3.05, 3.63) is 64.8 Å². The molecule has 0 unspecified atom stereocenters. The molecule has 0 spiro atoms. The summed E-state index contributed by atoms with van der Waals surface area (Å²) >= 11 is 0. The number of nitrogens with zero attached hydrogens (tertiary/aromatic N) is 3. The van der Waals surface area contributed by atoms with E-state index in [1.807, 2.05) is 0 Å². The van der Waals surface area contributed by atoms with Gasteiger partial charge in [-0.3, -0.25) is 0 Å². The van der Waals surface area contributed by atoms with Crippen LogP contribution in [0.15, 0.2) is 42.5 Å². The zero-order valence-corrected chi connectivity index (χ0v) is 16.7. The predicted molar refractivity (Wildman–Crippen MR) is 113 cm³/mol. The van der Waals surface area contributed by atoms with Crippen LogP contribution < -0.4 is 10.2 Å². The fourth-order valence-corrected chi connectivity index (χ4v) is 4.39. The zero-order valence-electron chi connectivity index (χ0n) is 16.7. The lowest BCUT2D eigenvalue weighted by molar-refractivity contribution is 0.122. The van der Waals surface area contributed by atoms with Crippen LogP contribution >= 0.6 is 0 Å². The Labute approximate surface area is 165 Å². The van der Waals surface area contributed by atoms with Crippen LogP contribution in [0.5, 0.6) is 0 Å². The highest BCUT2D eigenvalue weighted by atomic mass is 16.5. The fraction of sp³-hybridized carbons (Fsp3) is 0.348. The van der Waals surface area contributed by atoms with Crippen LogP contribution in [0.4, 0.5) is 11.4 Å². The largest absolute Gasteiger partial charge is 0.378 e. The first kappa shape index (κ1) is 17.3. The molecular weight excluding hydrogens is 348 g/mol. The van der Waals surface area contributed by atoms with Crippen LogP contribution in [0.2, 0.25) is 0 Å². The van der Waals surface area contributed by atoms with Gasteiger partial charge in [-0.15, -0.1) is 0 Å². The van der Waals surface area contributed by atoms with E-state index >= 15 is 0 Å². The van der Waals surface area contributed by atoms with Gasteiger partial charge in [-0.05, 0) is 56.2 Å². The maximum absolute atomic E-state index is 5.47. The molecule has 0 saturated carbocycles. The average Bonchev–Trinajstić information content (AvgIpc) is 3.10. The first-order valence-corrected chi connectivity index (χ1v) is 9.97. The number of rotatable bonds is 2. The van der Waals surface area contributed by atoms with E-state index < -0.39 is 0 Å². The Morgan fingerprint density at radius 2 is 1.75 bits per heavy atom. The van der Waals surface area contributed by atoms with E-state index in [1.54, 1.807) is 0 Å². The molecule has 0 bridgehead atoms. The summed E-state index contributed by atoms with van der Waals surface area (Å²) in [6.45, 7) is 9.90. The molecule has 144 valence electrons. The number of aryl methyl sites for hydroxylation is 3. The number of hydrogen-bond donors (Lipinski definition) is 1. The minimum Gasteiger partial charge on any atom is -0.378 e. The van der Waals surface area contributed by atoms with Gasteiger partial charge in [0, 0.05) is 30.0 Å². The second-order valence-electron chi connectivity index (χ2n) is 7.86. The summed E-state index contributed by atoms with van der Waals surface area (Å²) in [4.78, 5) is 2.38. The summed E-state index contributed by atoms with van der Waals surface area (Å²) in [6, 6.07) is 15.6. The van der Waals surface area contributed by atoms with Crippen LogP contribution in [0.3, 0.4) is 0 Å². The van der Waals surface area contributed by atoms with E-state index in [2.05, 4.69) is 78.1 Å². The number of ether oxygens (including phenoxy) is 1. The molecule has 2 aliphatic heterocycles. The van der Waals surface area contributed by atoms with Crippen molar-refractivity contribution in [2.45, 2.75) is 26.9 Å².